The molecule has 3 aromatic carbocycles. The number of carbonyl (C=O) groups is 1. The summed E-state index contributed by atoms with van der Waals surface area (Å²) in [5.74, 6) is -0.718. The normalized spacial score (nSPS) is 11.3. The molecule has 4 rings (SSSR count). The first-order valence-corrected chi connectivity index (χ1v) is 12.0. The minimum absolute atomic E-state index is 0.0980. The SMILES string of the molecule is O=C(Nc1ccc(F)cc1)c1ccc(CNS(=O)(=O)c2ccc(-c3ccccc3)s2)cc1. The number of hydrogen-bond acceptors (Lipinski definition) is 4. The average Bonchev–Trinajstić information content (AvgIpc) is 3.32. The smallest absolute Gasteiger partial charge is 0.255 e. The van der Waals surface area contributed by atoms with E-state index in [1.165, 1.54) is 35.6 Å². The zero-order valence-electron chi connectivity index (χ0n) is 16.8. The van der Waals surface area contributed by atoms with Crippen molar-refractivity contribution in [3.8, 4) is 10.4 Å². The summed E-state index contributed by atoms with van der Waals surface area (Å²) in [5, 5.41) is 2.68. The van der Waals surface area contributed by atoms with Gasteiger partial charge in [0.25, 0.3) is 5.91 Å². The number of halogens is 1. The number of benzene rings is 3. The van der Waals surface area contributed by atoms with Gasteiger partial charge in [-0.2, -0.15) is 0 Å². The van der Waals surface area contributed by atoms with E-state index in [4.69, 9.17) is 0 Å². The van der Waals surface area contributed by atoms with Crippen LogP contribution in [0.25, 0.3) is 10.4 Å². The van der Waals surface area contributed by atoms with Gasteiger partial charge in [0.05, 0.1) is 0 Å². The third-order valence-corrected chi connectivity index (χ3v) is 7.72. The summed E-state index contributed by atoms with van der Waals surface area (Å²) < 4.78 is 41.1. The second kappa shape index (κ2) is 9.44. The lowest BCUT2D eigenvalue weighted by Crippen LogP contribution is -2.22. The Bertz CT molecular complexity index is 1320. The van der Waals surface area contributed by atoms with Gasteiger partial charge in [-0.05, 0) is 59.7 Å². The lowest BCUT2D eigenvalue weighted by molar-refractivity contribution is 0.102. The van der Waals surface area contributed by atoms with Crippen LogP contribution in [0.1, 0.15) is 15.9 Å². The summed E-state index contributed by atoms with van der Waals surface area (Å²) in [4.78, 5) is 13.2. The maximum absolute atomic E-state index is 13.0. The molecule has 8 heteroatoms. The molecule has 0 aliphatic heterocycles. The van der Waals surface area contributed by atoms with Crippen LogP contribution < -0.4 is 10.0 Å². The van der Waals surface area contributed by atoms with Crippen LogP contribution in [0.2, 0.25) is 0 Å². The zero-order chi connectivity index (χ0) is 22.6. The molecule has 2 N–H and O–H groups in total. The Labute approximate surface area is 189 Å². The van der Waals surface area contributed by atoms with Gasteiger partial charge in [0.2, 0.25) is 10.0 Å². The first kappa shape index (κ1) is 21.9. The van der Waals surface area contributed by atoms with Crippen LogP contribution in [-0.4, -0.2) is 14.3 Å². The van der Waals surface area contributed by atoms with Crippen molar-refractivity contribution in [2.45, 2.75) is 10.8 Å². The molecule has 5 nitrogen and oxygen atoms in total. The van der Waals surface area contributed by atoms with Crippen molar-refractivity contribution in [1.29, 1.82) is 0 Å². The highest BCUT2D eigenvalue weighted by Crippen LogP contribution is 2.30. The van der Waals surface area contributed by atoms with Gasteiger partial charge < -0.3 is 5.32 Å². The van der Waals surface area contributed by atoms with Crippen molar-refractivity contribution in [2.24, 2.45) is 0 Å². The molecule has 0 unspecified atom stereocenters. The molecular weight excluding hydrogens is 447 g/mol. The summed E-state index contributed by atoms with van der Waals surface area (Å²) in [7, 11) is -3.66. The Morgan fingerprint density at radius 1 is 0.844 bits per heavy atom. The second-order valence-corrected chi connectivity index (χ2v) is 10.0. The lowest BCUT2D eigenvalue weighted by atomic mass is 10.1. The van der Waals surface area contributed by atoms with E-state index in [1.54, 1.807) is 36.4 Å². The fraction of sp³-hybridized carbons (Fsp3) is 0.0417. The number of sulfonamides is 1. The van der Waals surface area contributed by atoms with Gasteiger partial charge in [0, 0.05) is 22.7 Å². The zero-order valence-corrected chi connectivity index (χ0v) is 18.4. The van der Waals surface area contributed by atoms with E-state index in [0.29, 0.717) is 16.8 Å². The van der Waals surface area contributed by atoms with E-state index in [1.807, 2.05) is 30.3 Å². The Kier molecular flexibility index (Phi) is 6.45. The van der Waals surface area contributed by atoms with Crippen molar-refractivity contribution < 1.29 is 17.6 Å². The molecule has 0 fully saturated rings. The van der Waals surface area contributed by atoms with E-state index >= 15 is 0 Å². The molecule has 162 valence electrons. The molecule has 0 radical (unpaired) electrons. The number of thiophene rings is 1. The van der Waals surface area contributed by atoms with Crippen LogP contribution in [0, 0.1) is 5.82 Å². The highest BCUT2D eigenvalue weighted by Gasteiger charge is 2.17. The number of carbonyl (C=O) groups excluding carboxylic acids is 1. The largest absolute Gasteiger partial charge is 0.322 e. The lowest BCUT2D eigenvalue weighted by Gasteiger charge is -2.07. The van der Waals surface area contributed by atoms with Gasteiger partial charge in [-0.25, -0.2) is 17.5 Å². The summed E-state index contributed by atoms with van der Waals surface area (Å²) in [6.45, 7) is 0.0980. The summed E-state index contributed by atoms with van der Waals surface area (Å²) in [5.41, 5.74) is 2.57. The van der Waals surface area contributed by atoms with Gasteiger partial charge in [-0.3, -0.25) is 4.79 Å². The van der Waals surface area contributed by atoms with Gasteiger partial charge in [0.1, 0.15) is 10.0 Å². The first-order valence-electron chi connectivity index (χ1n) is 9.71. The minimum atomic E-state index is -3.66. The van der Waals surface area contributed by atoms with Crippen LogP contribution in [-0.2, 0) is 16.6 Å². The molecule has 4 aromatic rings. The number of rotatable bonds is 7. The van der Waals surface area contributed by atoms with E-state index < -0.39 is 10.0 Å². The van der Waals surface area contributed by atoms with E-state index in [2.05, 4.69) is 10.0 Å². The number of nitrogens with one attached hydrogen (secondary N) is 2. The molecule has 0 aliphatic rings. The van der Waals surface area contributed by atoms with Gasteiger partial charge in [-0.15, -0.1) is 11.3 Å². The van der Waals surface area contributed by atoms with Gasteiger partial charge in [-0.1, -0.05) is 42.5 Å². The molecule has 1 heterocycles. The molecule has 0 bridgehead atoms. The minimum Gasteiger partial charge on any atom is -0.322 e. The molecule has 0 saturated heterocycles. The fourth-order valence-corrected chi connectivity index (χ4v) is 5.36. The Morgan fingerprint density at radius 3 is 2.22 bits per heavy atom. The van der Waals surface area contributed by atoms with Crippen molar-refractivity contribution in [2.75, 3.05) is 5.32 Å². The van der Waals surface area contributed by atoms with E-state index in [-0.39, 0.29) is 22.5 Å². The Hall–Kier alpha value is -3.33. The van der Waals surface area contributed by atoms with Crippen molar-refractivity contribution in [1.82, 2.24) is 4.72 Å². The van der Waals surface area contributed by atoms with Crippen molar-refractivity contribution in [3.63, 3.8) is 0 Å². The topological polar surface area (TPSA) is 75.3 Å². The molecule has 0 aliphatic carbocycles. The summed E-state index contributed by atoms with van der Waals surface area (Å²) in [6.07, 6.45) is 0. The van der Waals surface area contributed by atoms with E-state index in [0.717, 1.165) is 10.4 Å². The molecular formula is C24H19FN2O3S2. The molecule has 0 atom stereocenters. The highest BCUT2D eigenvalue weighted by atomic mass is 32.2. The predicted octanol–water partition coefficient (Wildman–Crippen LogP) is 5.29. The van der Waals surface area contributed by atoms with E-state index in [9.17, 15) is 17.6 Å². The molecule has 1 aromatic heterocycles. The quantitative estimate of drug-likeness (QED) is 0.389. The van der Waals surface area contributed by atoms with Crippen LogP contribution >= 0.6 is 11.3 Å². The number of amides is 1. The van der Waals surface area contributed by atoms with Gasteiger partial charge in [0.15, 0.2) is 0 Å². The average molecular weight is 467 g/mol. The third kappa shape index (κ3) is 5.28. The second-order valence-electron chi connectivity index (χ2n) is 6.97. The van der Waals surface area contributed by atoms with Crippen molar-refractivity contribution >= 4 is 33.0 Å². The van der Waals surface area contributed by atoms with Crippen LogP contribution in [0.5, 0.6) is 0 Å². The number of hydrogen-bond donors (Lipinski definition) is 2. The Balaban J connectivity index is 1.38. The molecule has 32 heavy (non-hydrogen) atoms. The number of anilines is 1. The van der Waals surface area contributed by atoms with Crippen LogP contribution in [0.4, 0.5) is 10.1 Å². The molecule has 0 spiro atoms. The Morgan fingerprint density at radius 2 is 1.53 bits per heavy atom. The predicted molar refractivity (Wildman–Crippen MR) is 125 cm³/mol. The fourth-order valence-electron chi connectivity index (χ4n) is 2.98. The van der Waals surface area contributed by atoms with Crippen LogP contribution in [0.15, 0.2) is 95.2 Å². The first-order chi connectivity index (χ1) is 15.4. The maximum Gasteiger partial charge on any atom is 0.255 e. The maximum atomic E-state index is 13.0. The highest BCUT2D eigenvalue weighted by molar-refractivity contribution is 7.91. The summed E-state index contributed by atoms with van der Waals surface area (Å²) >= 11 is 1.21. The van der Waals surface area contributed by atoms with Crippen LogP contribution in [0.3, 0.4) is 0 Å². The monoisotopic (exact) mass is 466 g/mol. The van der Waals surface area contributed by atoms with Gasteiger partial charge >= 0.3 is 0 Å². The standard InChI is InChI=1S/C24H19FN2O3S2/c25-20-10-12-21(13-11-20)27-24(28)19-8-6-17(7-9-19)16-26-32(29,30)23-15-14-22(31-23)18-4-2-1-3-5-18/h1-15,26H,16H2,(H,27,28). The molecule has 1 amide bonds. The molecule has 0 saturated carbocycles. The summed E-state index contributed by atoms with van der Waals surface area (Å²) in [6, 6.07) is 25.1. The van der Waals surface area contributed by atoms with Crippen molar-refractivity contribution in [3.05, 3.63) is 108 Å². The third-order valence-electron chi connectivity index (χ3n) is 4.69.